The second kappa shape index (κ2) is 4.95. The van der Waals surface area contributed by atoms with Gasteiger partial charge in [0.15, 0.2) is 0 Å². The third-order valence-corrected chi connectivity index (χ3v) is 3.19. The summed E-state index contributed by atoms with van der Waals surface area (Å²) in [5.41, 5.74) is 6.31. The predicted molar refractivity (Wildman–Crippen MR) is 62.8 cm³/mol. The predicted octanol–water partition coefficient (Wildman–Crippen LogP) is 1.49. The lowest BCUT2D eigenvalue weighted by Gasteiger charge is -2.19. The van der Waals surface area contributed by atoms with Crippen molar-refractivity contribution in [1.82, 2.24) is 4.98 Å². The van der Waals surface area contributed by atoms with Gasteiger partial charge in [-0.2, -0.15) is 5.26 Å². The minimum Gasteiger partial charge on any atom is -0.367 e. The van der Waals surface area contributed by atoms with Crippen LogP contribution in [-0.2, 0) is 0 Å². The maximum Gasteiger partial charge on any atom is 0.126 e. The number of nitrogens with two attached hydrogens (primary N) is 1. The molecule has 3 N–H and O–H groups in total. The Kier molecular flexibility index (Phi) is 3.37. The van der Waals surface area contributed by atoms with E-state index in [0.717, 1.165) is 18.8 Å². The molecule has 1 aliphatic rings. The van der Waals surface area contributed by atoms with E-state index in [9.17, 15) is 0 Å². The summed E-state index contributed by atoms with van der Waals surface area (Å²) in [5, 5.41) is 12.1. The monoisotopic (exact) mass is 216 g/mol. The highest BCUT2D eigenvalue weighted by Crippen LogP contribution is 2.27. The number of hydrogen-bond acceptors (Lipinski definition) is 4. The van der Waals surface area contributed by atoms with Gasteiger partial charge < -0.3 is 11.1 Å². The Balaban J connectivity index is 2.00. The molecule has 4 heteroatoms. The van der Waals surface area contributed by atoms with Crippen LogP contribution in [0.25, 0.3) is 0 Å². The fourth-order valence-electron chi connectivity index (χ4n) is 2.24. The Hall–Kier alpha value is -1.60. The molecule has 1 fully saturated rings. The van der Waals surface area contributed by atoms with Gasteiger partial charge in [-0.1, -0.05) is 6.42 Å². The van der Waals surface area contributed by atoms with Crippen molar-refractivity contribution < 1.29 is 0 Å². The minimum absolute atomic E-state index is 0.436. The van der Waals surface area contributed by atoms with Crippen LogP contribution >= 0.6 is 0 Å². The van der Waals surface area contributed by atoms with Crippen LogP contribution in [0.5, 0.6) is 0 Å². The Morgan fingerprint density at radius 2 is 2.38 bits per heavy atom. The molecule has 0 aromatic carbocycles. The zero-order chi connectivity index (χ0) is 11.4. The Morgan fingerprint density at radius 3 is 3.00 bits per heavy atom. The number of nitrogens with one attached hydrogen (secondary N) is 1. The molecule has 1 aromatic rings. The summed E-state index contributed by atoms with van der Waals surface area (Å²) in [6.07, 6.45) is 5.18. The lowest BCUT2D eigenvalue weighted by Crippen LogP contribution is -2.29. The number of aromatic nitrogens is 1. The lowest BCUT2D eigenvalue weighted by atomic mass is 10.0. The van der Waals surface area contributed by atoms with Crippen molar-refractivity contribution in [2.45, 2.75) is 25.3 Å². The Morgan fingerprint density at radius 1 is 1.50 bits per heavy atom. The molecule has 0 radical (unpaired) electrons. The highest BCUT2D eigenvalue weighted by molar-refractivity contribution is 5.40. The van der Waals surface area contributed by atoms with Crippen molar-refractivity contribution in [1.29, 1.82) is 5.26 Å². The van der Waals surface area contributed by atoms with E-state index in [1.165, 1.54) is 12.8 Å². The van der Waals surface area contributed by atoms with Crippen LogP contribution in [0, 0.1) is 17.2 Å². The van der Waals surface area contributed by atoms with Gasteiger partial charge in [0, 0.05) is 12.2 Å². The van der Waals surface area contributed by atoms with Gasteiger partial charge in [0.2, 0.25) is 0 Å². The number of pyridine rings is 1. The molecule has 1 saturated carbocycles. The number of anilines is 1. The van der Waals surface area contributed by atoms with E-state index in [4.69, 9.17) is 11.0 Å². The summed E-state index contributed by atoms with van der Waals surface area (Å²) >= 11 is 0. The average molecular weight is 216 g/mol. The van der Waals surface area contributed by atoms with Crippen LogP contribution < -0.4 is 11.1 Å². The first kappa shape index (κ1) is 10.9. The second-order valence-electron chi connectivity index (χ2n) is 4.22. The minimum atomic E-state index is 0.436. The van der Waals surface area contributed by atoms with Crippen molar-refractivity contribution in [3.63, 3.8) is 0 Å². The molecule has 1 aromatic heterocycles. The summed E-state index contributed by atoms with van der Waals surface area (Å²) in [7, 11) is 0. The van der Waals surface area contributed by atoms with E-state index in [2.05, 4.69) is 16.4 Å². The van der Waals surface area contributed by atoms with Crippen LogP contribution in [0.3, 0.4) is 0 Å². The third-order valence-electron chi connectivity index (χ3n) is 3.19. The van der Waals surface area contributed by atoms with Gasteiger partial charge in [0.1, 0.15) is 11.9 Å². The van der Waals surface area contributed by atoms with E-state index < -0.39 is 0 Å². The summed E-state index contributed by atoms with van der Waals surface area (Å²) in [5.74, 6) is 1.39. The summed E-state index contributed by atoms with van der Waals surface area (Å²) < 4.78 is 0. The first-order chi connectivity index (χ1) is 7.83. The van der Waals surface area contributed by atoms with Crippen molar-refractivity contribution in [2.75, 3.05) is 11.9 Å². The standard InChI is InChI=1S/C12H16N4/c13-6-9-4-5-12(15-8-9)16-11-3-1-2-10(11)7-14/h4-5,8,10-11H,1-3,7,14H2,(H,15,16). The molecule has 1 aliphatic carbocycles. The molecule has 0 saturated heterocycles. The second-order valence-corrected chi connectivity index (χ2v) is 4.22. The first-order valence-corrected chi connectivity index (χ1v) is 5.66. The largest absolute Gasteiger partial charge is 0.367 e. The topological polar surface area (TPSA) is 74.7 Å². The van der Waals surface area contributed by atoms with Crippen LogP contribution in [0.2, 0.25) is 0 Å². The van der Waals surface area contributed by atoms with Crippen molar-refractivity contribution in [2.24, 2.45) is 11.7 Å². The molecule has 0 amide bonds. The maximum atomic E-state index is 8.67. The summed E-state index contributed by atoms with van der Waals surface area (Å²) in [4.78, 5) is 4.21. The van der Waals surface area contributed by atoms with E-state index in [1.54, 1.807) is 12.3 Å². The molecule has 16 heavy (non-hydrogen) atoms. The summed E-state index contributed by atoms with van der Waals surface area (Å²) in [6.45, 7) is 0.730. The van der Waals surface area contributed by atoms with Crippen LogP contribution in [-0.4, -0.2) is 17.6 Å². The zero-order valence-electron chi connectivity index (χ0n) is 9.19. The Labute approximate surface area is 95.5 Å². The van der Waals surface area contributed by atoms with Gasteiger partial charge >= 0.3 is 0 Å². The number of rotatable bonds is 3. The van der Waals surface area contributed by atoms with Crippen LogP contribution in [0.1, 0.15) is 24.8 Å². The van der Waals surface area contributed by atoms with Gasteiger partial charge in [-0.25, -0.2) is 4.98 Å². The van der Waals surface area contributed by atoms with Crippen molar-refractivity contribution >= 4 is 5.82 Å². The van der Waals surface area contributed by atoms with E-state index in [1.807, 2.05) is 6.07 Å². The fourth-order valence-corrected chi connectivity index (χ4v) is 2.24. The van der Waals surface area contributed by atoms with Gasteiger partial charge in [-0.3, -0.25) is 0 Å². The number of hydrogen-bond donors (Lipinski definition) is 2. The van der Waals surface area contributed by atoms with Crippen molar-refractivity contribution in [3.05, 3.63) is 23.9 Å². The van der Waals surface area contributed by atoms with E-state index in [-0.39, 0.29) is 0 Å². The first-order valence-electron chi connectivity index (χ1n) is 5.66. The summed E-state index contributed by atoms with van der Waals surface area (Å²) in [6, 6.07) is 6.12. The highest BCUT2D eigenvalue weighted by atomic mass is 15.0. The molecule has 2 unspecified atom stereocenters. The van der Waals surface area contributed by atoms with Gasteiger partial charge in [-0.05, 0) is 37.4 Å². The van der Waals surface area contributed by atoms with Crippen molar-refractivity contribution in [3.8, 4) is 6.07 Å². The highest BCUT2D eigenvalue weighted by Gasteiger charge is 2.25. The van der Waals surface area contributed by atoms with Gasteiger partial charge in [0.05, 0.1) is 5.56 Å². The Bertz CT molecular complexity index is 379. The van der Waals surface area contributed by atoms with Gasteiger partial charge in [-0.15, -0.1) is 0 Å². The zero-order valence-corrected chi connectivity index (χ0v) is 9.19. The molecule has 0 aliphatic heterocycles. The fraction of sp³-hybridized carbons (Fsp3) is 0.500. The average Bonchev–Trinajstić information content (AvgIpc) is 2.77. The molecular weight excluding hydrogens is 200 g/mol. The molecule has 1 heterocycles. The number of nitriles is 1. The molecule has 2 rings (SSSR count). The molecule has 0 spiro atoms. The third kappa shape index (κ3) is 2.31. The van der Waals surface area contributed by atoms with Crippen LogP contribution in [0.15, 0.2) is 18.3 Å². The normalized spacial score (nSPS) is 24.0. The smallest absolute Gasteiger partial charge is 0.126 e. The lowest BCUT2D eigenvalue weighted by molar-refractivity contribution is 0.515. The quantitative estimate of drug-likeness (QED) is 0.802. The van der Waals surface area contributed by atoms with E-state index in [0.29, 0.717) is 17.5 Å². The molecule has 2 atom stereocenters. The van der Waals surface area contributed by atoms with Gasteiger partial charge in [0.25, 0.3) is 0 Å². The van der Waals surface area contributed by atoms with E-state index >= 15 is 0 Å². The molecular formula is C12H16N4. The molecule has 4 nitrogen and oxygen atoms in total. The SMILES string of the molecule is N#Cc1ccc(NC2CCCC2CN)nc1. The van der Waals surface area contributed by atoms with Crippen LogP contribution in [0.4, 0.5) is 5.82 Å². The molecule has 84 valence electrons. The maximum absolute atomic E-state index is 8.67. The number of nitrogens with zero attached hydrogens (tertiary/aromatic N) is 2. The molecule has 0 bridgehead atoms.